The molecule has 1 aliphatic carbocycles. The molecular weight excluding hydrogens is 164 g/mol. The van der Waals surface area contributed by atoms with E-state index in [-0.39, 0.29) is 5.54 Å². The van der Waals surface area contributed by atoms with Crippen LogP contribution >= 0.6 is 0 Å². The summed E-state index contributed by atoms with van der Waals surface area (Å²) in [7, 11) is 1.73. The van der Waals surface area contributed by atoms with Crippen molar-refractivity contribution in [2.24, 2.45) is 10.8 Å². The van der Waals surface area contributed by atoms with Crippen LogP contribution in [0, 0.1) is 0 Å². The van der Waals surface area contributed by atoms with E-state index in [1.807, 2.05) is 0 Å². The lowest BCUT2D eigenvalue weighted by molar-refractivity contribution is 0.288. The van der Waals surface area contributed by atoms with E-state index < -0.39 is 0 Å². The first-order valence-corrected chi connectivity index (χ1v) is 4.92. The van der Waals surface area contributed by atoms with E-state index in [0.29, 0.717) is 5.96 Å². The molecule has 4 N–H and O–H groups in total. The van der Waals surface area contributed by atoms with Gasteiger partial charge < -0.3 is 5.32 Å². The predicted octanol–water partition coefficient (Wildman–Crippen LogP) is 0.748. The number of nitrogens with two attached hydrogens (primary N) is 1. The van der Waals surface area contributed by atoms with E-state index in [0.717, 1.165) is 0 Å². The highest BCUT2D eigenvalue weighted by molar-refractivity contribution is 5.79. The van der Waals surface area contributed by atoms with E-state index in [2.05, 4.69) is 22.7 Å². The maximum absolute atomic E-state index is 5.32. The van der Waals surface area contributed by atoms with Gasteiger partial charge in [-0.1, -0.05) is 19.3 Å². The number of rotatable bonds is 1. The second-order valence-electron chi connectivity index (χ2n) is 3.96. The third kappa shape index (κ3) is 2.88. The van der Waals surface area contributed by atoms with Gasteiger partial charge >= 0.3 is 0 Å². The fourth-order valence-corrected chi connectivity index (χ4v) is 1.90. The van der Waals surface area contributed by atoms with Crippen molar-refractivity contribution in [1.82, 2.24) is 10.7 Å². The van der Waals surface area contributed by atoms with Crippen LogP contribution in [0.3, 0.4) is 0 Å². The molecule has 0 heterocycles. The van der Waals surface area contributed by atoms with E-state index in [4.69, 9.17) is 5.84 Å². The highest BCUT2D eigenvalue weighted by Crippen LogP contribution is 2.27. The molecule has 0 aliphatic heterocycles. The van der Waals surface area contributed by atoms with Crippen molar-refractivity contribution in [1.29, 1.82) is 0 Å². The van der Waals surface area contributed by atoms with Gasteiger partial charge in [0.1, 0.15) is 0 Å². The molecule has 0 aromatic carbocycles. The Morgan fingerprint density at radius 3 is 2.38 bits per heavy atom. The molecular formula is C9H20N4. The zero-order valence-electron chi connectivity index (χ0n) is 8.56. The number of hydrogen-bond acceptors (Lipinski definition) is 2. The maximum Gasteiger partial charge on any atom is 0.205 e. The Balaban J connectivity index is 2.49. The van der Waals surface area contributed by atoms with Crippen LogP contribution in [0.25, 0.3) is 0 Å². The Bertz CT molecular complexity index is 182. The summed E-state index contributed by atoms with van der Waals surface area (Å²) in [6.07, 6.45) is 6.35. The highest BCUT2D eigenvalue weighted by atomic mass is 15.3. The summed E-state index contributed by atoms with van der Waals surface area (Å²) in [5, 5.41) is 3.35. The topological polar surface area (TPSA) is 62.4 Å². The predicted molar refractivity (Wildman–Crippen MR) is 55.3 cm³/mol. The van der Waals surface area contributed by atoms with Crippen molar-refractivity contribution in [2.45, 2.75) is 44.6 Å². The fourth-order valence-electron chi connectivity index (χ4n) is 1.90. The number of nitrogens with zero attached hydrogens (tertiary/aromatic N) is 1. The minimum atomic E-state index is 0.180. The second kappa shape index (κ2) is 4.46. The minimum Gasteiger partial charge on any atom is -0.350 e. The molecule has 1 aliphatic rings. The molecule has 0 unspecified atom stereocenters. The molecule has 0 spiro atoms. The van der Waals surface area contributed by atoms with Crippen LogP contribution in [0.2, 0.25) is 0 Å². The molecule has 0 saturated heterocycles. The monoisotopic (exact) mass is 184 g/mol. The van der Waals surface area contributed by atoms with Crippen LogP contribution in [-0.4, -0.2) is 18.5 Å². The molecule has 1 fully saturated rings. The van der Waals surface area contributed by atoms with Gasteiger partial charge in [-0.15, -0.1) is 0 Å². The van der Waals surface area contributed by atoms with E-state index in [9.17, 15) is 0 Å². The molecule has 0 aromatic heterocycles. The van der Waals surface area contributed by atoms with Crippen molar-refractivity contribution in [3.8, 4) is 0 Å². The van der Waals surface area contributed by atoms with Crippen LogP contribution < -0.4 is 16.6 Å². The van der Waals surface area contributed by atoms with E-state index in [1.165, 1.54) is 32.1 Å². The van der Waals surface area contributed by atoms with Gasteiger partial charge in [0.25, 0.3) is 0 Å². The molecule has 0 bridgehead atoms. The Morgan fingerprint density at radius 2 is 1.92 bits per heavy atom. The lowest BCUT2D eigenvalue weighted by Crippen LogP contribution is -2.53. The van der Waals surface area contributed by atoms with Gasteiger partial charge in [-0.25, -0.2) is 5.84 Å². The Hall–Kier alpha value is -0.770. The lowest BCUT2D eigenvalue weighted by atomic mass is 9.83. The lowest BCUT2D eigenvalue weighted by Gasteiger charge is -2.35. The van der Waals surface area contributed by atoms with Gasteiger partial charge in [-0.3, -0.25) is 10.4 Å². The van der Waals surface area contributed by atoms with Crippen LogP contribution in [0.1, 0.15) is 39.0 Å². The third-order valence-electron chi connectivity index (χ3n) is 2.74. The Morgan fingerprint density at radius 1 is 1.31 bits per heavy atom. The van der Waals surface area contributed by atoms with E-state index in [1.54, 1.807) is 7.05 Å². The Labute approximate surface area is 80.0 Å². The minimum absolute atomic E-state index is 0.180. The molecule has 0 atom stereocenters. The molecule has 4 heteroatoms. The summed E-state index contributed by atoms with van der Waals surface area (Å²) in [6.45, 7) is 2.23. The summed E-state index contributed by atoms with van der Waals surface area (Å²) in [5.41, 5.74) is 2.74. The van der Waals surface area contributed by atoms with Crippen molar-refractivity contribution >= 4 is 5.96 Å². The fraction of sp³-hybridized carbons (Fsp3) is 0.889. The first kappa shape index (κ1) is 10.3. The van der Waals surface area contributed by atoms with Crippen molar-refractivity contribution in [3.05, 3.63) is 0 Å². The normalized spacial score (nSPS) is 22.5. The van der Waals surface area contributed by atoms with Gasteiger partial charge in [0, 0.05) is 12.6 Å². The Kier molecular flexibility index (Phi) is 3.54. The summed E-state index contributed by atoms with van der Waals surface area (Å²) in [4.78, 5) is 4.02. The molecule has 1 rings (SSSR count). The number of hydrazine groups is 1. The summed E-state index contributed by atoms with van der Waals surface area (Å²) in [5.74, 6) is 6.00. The van der Waals surface area contributed by atoms with E-state index >= 15 is 0 Å². The average Bonchev–Trinajstić information content (AvgIpc) is 2.15. The van der Waals surface area contributed by atoms with Crippen molar-refractivity contribution in [2.75, 3.05) is 7.05 Å². The first-order valence-electron chi connectivity index (χ1n) is 4.92. The van der Waals surface area contributed by atoms with Crippen LogP contribution in [0.15, 0.2) is 4.99 Å². The quantitative estimate of drug-likeness (QED) is 0.244. The number of aliphatic imine (C=N–C) groups is 1. The number of nitrogens with one attached hydrogen (secondary N) is 2. The van der Waals surface area contributed by atoms with Gasteiger partial charge in [-0.05, 0) is 19.8 Å². The van der Waals surface area contributed by atoms with Gasteiger partial charge in [0.2, 0.25) is 5.96 Å². The van der Waals surface area contributed by atoms with Crippen LogP contribution in [0.5, 0.6) is 0 Å². The first-order chi connectivity index (χ1) is 6.20. The molecule has 1 saturated carbocycles. The zero-order chi connectivity index (χ0) is 9.73. The molecule has 76 valence electrons. The molecule has 13 heavy (non-hydrogen) atoms. The number of guanidine groups is 1. The average molecular weight is 184 g/mol. The third-order valence-corrected chi connectivity index (χ3v) is 2.74. The number of hydrogen-bond donors (Lipinski definition) is 3. The summed E-state index contributed by atoms with van der Waals surface area (Å²) >= 11 is 0. The van der Waals surface area contributed by atoms with Gasteiger partial charge in [-0.2, -0.15) is 0 Å². The molecule has 0 aromatic rings. The zero-order valence-corrected chi connectivity index (χ0v) is 8.56. The molecule has 4 nitrogen and oxygen atoms in total. The van der Waals surface area contributed by atoms with Crippen molar-refractivity contribution in [3.63, 3.8) is 0 Å². The van der Waals surface area contributed by atoms with Crippen LogP contribution in [-0.2, 0) is 0 Å². The van der Waals surface area contributed by atoms with Crippen molar-refractivity contribution < 1.29 is 0 Å². The smallest absolute Gasteiger partial charge is 0.205 e. The standard InChI is InChI=1S/C9H20N4/c1-9(6-4-3-5-7-9)12-8(11-2)13-10/h3-7,10H2,1-2H3,(H2,11,12,13). The second-order valence-corrected chi connectivity index (χ2v) is 3.96. The highest BCUT2D eigenvalue weighted by Gasteiger charge is 2.27. The van der Waals surface area contributed by atoms with Crippen LogP contribution in [0.4, 0.5) is 0 Å². The largest absolute Gasteiger partial charge is 0.350 e. The molecule has 0 amide bonds. The summed E-state index contributed by atoms with van der Waals surface area (Å²) < 4.78 is 0. The van der Waals surface area contributed by atoms with Gasteiger partial charge in [0.05, 0.1) is 0 Å². The summed E-state index contributed by atoms with van der Waals surface area (Å²) in [6, 6.07) is 0. The maximum atomic E-state index is 5.32. The molecule has 0 radical (unpaired) electrons. The SMILES string of the molecule is CN=C(NN)NC1(C)CCCCC1. The van der Waals surface area contributed by atoms with Gasteiger partial charge in [0.15, 0.2) is 0 Å².